The van der Waals surface area contributed by atoms with Gasteiger partial charge in [-0.25, -0.2) is 9.78 Å². The minimum absolute atomic E-state index is 0.0284. The highest BCUT2D eigenvalue weighted by molar-refractivity contribution is 5.90. The van der Waals surface area contributed by atoms with Crippen molar-refractivity contribution in [2.45, 2.75) is 83.1 Å². The number of fused-ring (bicyclic) bond motifs is 2. The van der Waals surface area contributed by atoms with E-state index in [1.807, 2.05) is 31.2 Å². The van der Waals surface area contributed by atoms with Gasteiger partial charge in [0.1, 0.15) is 5.75 Å². The van der Waals surface area contributed by atoms with Gasteiger partial charge < -0.3 is 19.5 Å². The molecule has 4 heterocycles. The molecule has 7 nitrogen and oxygen atoms in total. The lowest BCUT2D eigenvalue weighted by molar-refractivity contribution is -0.571. The first-order chi connectivity index (χ1) is 15.3. The average molecular weight is 446 g/mol. The third-order valence-corrected chi connectivity index (χ3v) is 8.30. The zero-order valence-corrected chi connectivity index (χ0v) is 19.5. The van der Waals surface area contributed by atoms with Gasteiger partial charge in [0.15, 0.2) is 11.9 Å². The van der Waals surface area contributed by atoms with Crippen molar-refractivity contribution in [3.8, 4) is 5.75 Å². The summed E-state index contributed by atoms with van der Waals surface area (Å²) in [5.74, 6) is 1.36. The Balaban J connectivity index is 1.29. The Morgan fingerprint density at radius 2 is 2.03 bits per heavy atom. The molecular formula is C25H35NO6. The largest absolute Gasteiger partial charge is 0.497 e. The molecule has 7 heteroatoms. The second-order valence-corrected chi connectivity index (χ2v) is 10.3. The van der Waals surface area contributed by atoms with Crippen LogP contribution in [0.3, 0.4) is 0 Å². The first-order valence-corrected chi connectivity index (χ1v) is 12.0. The van der Waals surface area contributed by atoms with E-state index in [4.69, 9.17) is 24.0 Å². The quantitative estimate of drug-likeness (QED) is 0.664. The van der Waals surface area contributed by atoms with Gasteiger partial charge in [-0.1, -0.05) is 19.9 Å². The highest BCUT2D eigenvalue weighted by Gasteiger charge is 2.69. The average Bonchev–Trinajstić information content (AvgIpc) is 3.01. The van der Waals surface area contributed by atoms with Crippen LogP contribution in [0.4, 0.5) is 5.69 Å². The first kappa shape index (κ1) is 22.1. The highest BCUT2D eigenvalue weighted by Crippen LogP contribution is 2.60. The molecule has 1 spiro atoms. The summed E-state index contributed by atoms with van der Waals surface area (Å²) in [5.41, 5.74) is 0.185. The lowest BCUT2D eigenvalue weighted by atomic mass is 9.57. The Kier molecular flexibility index (Phi) is 5.73. The van der Waals surface area contributed by atoms with Crippen LogP contribution in [0, 0.1) is 23.7 Å². The zero-order valence-electron chi connectivity index (χ0n) is 19.5. The number of anilines is 1. The van der Waals surface area contributed by atoms with Crippen LogP contribution in [0.2, 0.25) is 0 Å². The number of carbonyl (C=O) groups is 1. The maximum atomic E-state index is 12.7. The van der Waals surface area contributed by atoms with Crippen molar-refractivity contribution in [2.75, 3.05) is 12.4 Å². The molecule has 0 aromatic heterocycles. The van der Waals surface area contributed by atoms with Gasteiger partial charge in [-0.05, 0) is 62.5 Å². The van der Waals surface area contributed by atoms with E-state index in [-0.39, 0.29) is 23.8 Å². The van der Waals surface area contributed by atoms with Gasteiger partial charge in [-0.3, -0.25) is 4.79 Å². The van der Waals surface area contributed by atoms with Gasteiger partial charge in [0.05, 0.1) is 13.2 Å². The molecule has 1 aromatic rings. The Hall–Kier alpha value is -1.67. The van der Waals surface area contributed by atoms with Gasteiger partial charge in [0.2, 0.25) is 11.7 Å². The van der Waals surface area contributed by atoms with E-state index < -0.39 is 17.7 Å². The molecule has 5 aliphatic rings. The van der Waals surface area contributed by atoms with Crippen LogP contribution in [0.25, 0.3) is 0 Å². The fraction of sp³-hybridized carbons (Fsp3) is 0.720. The molecule has 32 heavy (non-hydrogen) atoms. The van der Waals surface area contributed by atoms with E-state index in [0.717, 1.165) is 30.7 Å². The number of nitrogens with one attached hydrogen (secondary N) is 1. The highest BCUT2D eigenvalue weighted by atomic mass is 17.3. The molecule has 2 bridgehead atoms. The van der Waals surface area contributed by atoms with E-state index in [0.29, 0.717) is 24.7 Å². The molecule has 6 rings (SSSR count). The smallest absolute Gasteiger partial charge is 0.224 e. The van der Waals surface area contributed by atoms with Crippen molar-refractivity contribution in [3.63, 3.8) is 0 Å². The molecule has 1 aliphatic carbocycles. The standard InChI is InChI=1S/C25H35NO6/c1-15-8-9-20-16(2)21(10-11-22(27)26-17-6-5-7-18(14-17)28-4)29-23-25(20)19(15)12-13-24(3,30-23)31-32-25/h5-7,14-16,19-21,23H,8-13H2,1-4H3,(H,26,27)/t15-,16-,19+,20+,21-,23-,24?,25-/m1/s1. The maximum absolute atomic E-state index is 12.7. The van der Waals surface area contributed by atoms with Crippen LogP contribution in [-0.2, 0) is 24.0 Å². The molecule has 0 radical (unpaired) electrons. The van der Waals surface area contributed by atoms with E-state index in [9.17, 15) is 4.79 Å². The number of carbonyl (C=O) groups excluding carboxylic acids is 1. The van der Waals surface area contributed by atoms with Crippen LogP contribution in [0.5, 0.6) is 5.75 Å². The number of hydrogen-bond donors (Lipinski definition) is 1. The summed E-state index contributed by atoms with van der Waals surface area (Å²) in [5, 5.41) is 2.97. The molecule has 1 unspecified atom stereocenters. The van der Waals surface area contributed by atoms with Gasteiger partial charge in [0, 0.05) is 30.5 Å². The summed E-state index contributed by atoms with van der Waals surface area (Å²) >= 11 is 0. The van der Waals surface area contributed by atoms with Gasteiger partial charge in [0.25, 0.3) is 0 Å². The van der Waals surface area contributed by atoms with Crippen molar-refractivity contribution >= 4 is 11.6 Å². The van der Waals surface area contributed by atoms with E-state index in [1.54, 1.807) is 7.11 Å². The fourth-order valence-electron chi connectivity index (χ4n) is 6.51. The van der Waals surface area contributed by atoms with Crippen LogP contribution >= 0.6 is 0 Å². The van der Waals surface area contributed by atoms with Gasteiger partial charge in [-0.15, -0.1) is 0 Å². The third-order valence-electron chi connectivity index (χ3n) is 8.30. The molecule has 1 aromatic carbocycles. The maximum Gasteiger partial charge on any atom is 0.224 e. The summed E-state index contributed by atoms with van der Waals surface area (Å²) in [7, 11) is 1.61. The Labute approximate surface area is 190 Å². The molecule has 5 fully saturated rings. The van der Waals surface area contributed by atoms with Crippen LogP contribution < -0.4 is 10.1 Å². The summed E-state index contributed by atoms with van der Waals surface area (Å²) in [6, 6.07) is 7.40. The molecule has 1 amide bonds. The number of benzene rings is 1. The Morgan fingerprint density at radius 1 is 1.19 bits per heavy atom. The zero-order chi connectivity index (χ0) is 22.5. The fourth-order valence-corrected chi connectivity index (χ4v) is 6.51. The Bertz CT molecular complexity index is 863. The minimum Gasteiger partial charge on any atom is -0.497 e. The number of amides is 1. The van der Waals surface area contributed by atoms with Crippen molar-refractivity contribution in [2.24, 2.45) is 23.7 Å². The second kappa shape index (κ2) is 8.28. The summed E-state index contributed by atoms with van der Waals surface area (Å²) < 4.78 is 18.2. The van der Waals surface area contributed by atoms with Crippen molar-refractivity contribution in [3.05, 3.63) is 24.3 Å². The number of ether oxygens (including phenoxy) is 3. The Morgan fingerprint density at radius 3 is 2.84 bits per heavy atom. The molecule has 8 atom stereocenters. The molecular weight excluding hydrogens is 410 g/mol. The van der Waals surface area contributed by atoms with Crippen molar-refractivity contribution in [1.82, 2.24) is 0 Å². The van der Waals surface area contributed by atoms with Gasteiger partial charge in [-0.2, -0.15) is 0 Å². The van der Waals surface area contributed by atoms with E-state index in [1.165, 1.54) is 6.42 Å². The second-order valence-electron chi connectivity index (χ2n) is 10.3. The number of hydrogen-bond acceptors (Lipinski definition) is 6. The predicted octanol–water partition coefficient (Wildman–Crippen LogP) is 4.66. The van der Waals surface area contributed by atoms with Crippen LogP contribution in [0.15, 0.2) is 24.3 Å². The van der Waals surface area contributed by atoms with Crippen molar-refractivity contribution < 1.29 is 28.8 Å². The SMILES string of the molecule is COc1cccc(NC(=O)CC[C@H]2O[C@@H]3OC4(C)CC[C@H]5[C@H](C)CC[C@@H]([C@H]2C)[C@@]35OO4)c1. The van der Waals surface area contributed by atoms with Crippen LogP contribution in [0.1, 0.15) is 59.3 Å². The molecule has 1 N–H and O–H groups in total. The first-order valence-electron chi connectivity index (χ1n) is 12.0. The lowest BCUT2D eigenvalue weighted by Crippen LogP contribution is -2.70. The van der Waals surface area contributed by atoms with Crippen molar-refractivity contribution in [1.29, 1.82) is 0 Å². The van der Waals surface area contributed by atoms with E-state index in [2.05, 4.69) is 19.2 Å². The lowest BCUT2D eigenvalue weighted by Gasteiger charge is -2.60. The summed E-state index contributed by atoms with van der Waals surface area (Å²) in [6.45, 7) is 6.49. The third kappa shape index (κ3) is 3.63. The number of methoxy groups -OCH3 is 1. The molecule has 4 saturated heterocycles. The van der Waals surface area contributed by atoms with E-state index >= 15 is 0 Å². The van der Waals surface area contributed by atoms with Gasteiger partial charge >= 0.3 is 0 Å². The topological polar surface area (TPSA) is 75.3 Å². The van der Waals surface area contributed by atoms with Crippen LogP contribution in [-0.4, -0.2) is 36.8 Å². The monoisotopic (exact) mass is 445 g/mol. The summed E-state index contributed by atoms with van der Waals surface area (Å²) in [6.07, 6.45) is 4.57. The predicted molar refractivity (Wildman–Crippen MR) is 118 cm³/mol. The minimum atomic E-state index is -0.771. The number of rotatable bonds is 5. The molecule has 1 saturated carbocycles. The summed E-state index contributed by atoms with van der Waals surface area (Å²) in [4.78, 5) is 24.7. The molecule has 4 aliphatic heterocycles. The molecule has 176 valence electrons. The normalized spacial score (nSPS) is 42.6.